The lowest BCUT2D eigenvalue weighted by Crippen LogP contribution is -2.33. The van der Waals surface area contributed by atoms with E-state index in [4.69, 9.17) is 4.74 Å². The van der Waals surface area contributed by atoms with Crippen molar-refractivity contribution in [2.75, 3.05) is 13.7 Å². The van der Waals surface area contributed by atoms with E-state index in [0.29, 0.717) is 21.1 Å². The molecule has 0 bridgehead atoms. The Kier molecular flexibility index (Phi) is 6.39. The van der Waals surface area contributed by atoms with E-state index in [2.05, 4.69) is 4.98 Å². The molecule has 0 saturated carbocycles. The van der Waals surface area contributed by atoms with Gasteiger partial charge in [0, 0.05) is 12.6 Å². The van der Waals surface area contributed by atoms with Gasteiger partial charge in [0.05, 0.1) is 11.7 Å². The maximum Gasteiger partial charge on any atom is 0.350 e. The molecule has 1 atom stereocenters. The first kappa shape index (κ1) is 20.7. The number of amides is 1. The van der Waals surface area contributed by atoms with E-state index in [-0.39, 0.29) is 24.4 Å². The molecule has 0 unspecified atom stereocenters. The molecule has 29 heavy (non-hydrogen) atoms. The molecule has 0 spiro atoms. The van der Waals surface area contributed by atoms with Gasteiger partial charge in [-0.25, -0.2) is 14.2 Å². The molecule has 5 nitrogen and oxygen atoms in total. The molecule has 3 aromatic rings. The van der Waals surface area contributed by atoms with E-state index in [1.54, 1.807) is 31.0 Å². The van der Waals surface area contributed by atoms with E-state index in [1.807, 2.05) is 37.3 Å². The molecule has 3 rings (SSSR count). The standard InChI is InChI=1S/C22H21FN2O3S/c1-14-20(29-21(24-14)17-9-11-18(23)12-10-17)22(27)28-13-19(26)25(3)15(2)16-7-5-4-6-8-16/h4-12,15H,13H2,1-3H3/t15-/m0/s1. The van der Waals surface area contributed by atoms with Crippen LogP contribution in [0.4, 0.5) is 4.39 Å². The van der Waals surface area contributed by atoms with Crippen LogP contribution in [0.2, 0.25) is 0 Å². The Morgan fingerprint density at radius 3 is 2.45 bits per heavy atom. The summed E-state index contributed by atoms with van der Waals surface area (Å²) in [6, 6.07) is 15.4. The number of nitrogens with zero attached hydrogens (tertiary/aromatic N) is 2. The quantitative estimate of drug-likeness (QED) is 0.554. The molecule has 1 aromatic heterocycles. The normalized spacial score (nSPS) is 11.7. The van der Waals surface area contributed by atoms with Gasteiger partial charge < -0.3 is 9.64 Å². The molecule has 1 amide bonds. The molecular formula is C22H21FN2O3S. The minimum absolute atomic E-state index is 0.141. The molecule has 2 aromatic carbocycles. The van der Waals surface area contributed by atoms with E-state index < -0.39 is 5.97 Å². The number of hydrogen-bond acceptors (Lipinski definition) is 5. The maximum atomic E-state index is 13.1. The highest BCUT2D eigenvalue weighted by Gasteiger charge is 2.22. The average Bonchev–Trinajstić information content (AvgIpc) is 3.13. The zero-order valence-corrected chi connectivity index (χ0v) is 17.2. The summed E-state index contributed by atoms with van der Waals surface area (Å²) in [6.45, 7) is 3.26. The number of benzene rings is 2. The van der Waals surface area contributed by atoms with Crippen LogP contribution in [0.25, 0.3) is 10.6 Å². The summed E-state index contributed by atoms with van der Waals surface area (Å²) in [6.07, 6.45) is 0. The van der Waals surface area contributed by atoms with Crippen LogP contribution in [0.5, 0.6) is 0 Å². The largest absolute Gasteiger partial charge is 0.451 e. The number of likely N-dealkylation sites (N-methyl/N-ethyl adjacent to an activating group) is 1. The summed E-state index contributed by atoms with van der Waals surface area (Å²) in [5.74, 6) is -1.23. The number of aryl methyl sites for hydroxylation is 1. The van der Waals surface area contributed by atoms with E-state index >= 15 is 0 Å². The lowest BCUT2D eigenvalue weighted by molar-refractivity contribution is -0.135. The van der Waals surface area contributed by atoms with E-state index in [1.165, 1.54) is 12.1 Å². The second kappa shape index (κ2) is 8.96. The second-order valence-corrected chi connectivity index (χ2v) is 7.61. The minimum Gasteiger partial charge on any atom is -0.451 e. The molecule has 1 heterocycles. The first-order valence-corrected chi connectivity index (χ1v) is 9.89. The van der Waals surface area contributed by atoms with Crippen molar-refractivity contribution in [3.8, 4) is 10.6 Å². The number of ether oxygens (including phenoxy) is 1. The van der Waals surface area contributed by atoms with Crippen molar-refractivity contribution in [3.63, 3.8) is 0 Å². The van der Waals surface area contributed by atoms with Crippen LogP contribution >= 0.6 is 11.3 Å². The van der Waals surface area contributed by atoms with Crippen molar-refractivity contribution in [3.05, 3.63) is 76.5 Å². The third-order valence-electron chi connectivity index (χ3n) is 4.66. The maximum absolute atomic E-state index is 13.1. The van der Waals surface area contributed by atoms with Gasteiger partial charge in [-0.15, -0.1) is 11.3 Å². The van der Waals surface area contributed by atoms with Gasteiger partial charge >= 0.3 is 5.97 Å². The van der Waals surface area contributed by atoms with Crippen molar-refractivity contribution in [2.45, 2.75) is 19.9 Å². The SMILES string of the molecule is Cc1nc(-c2ccc(F)cc2)sc1C(=O)OCC(=O)N(C)[C@@H](C)c1ccccc1. The van der Waals surface area contributed by atoms with Gasteiger partial charge in [-0.1, -0.05) is 30.3 Å². The summed E-state index contributed by atoms with van der Waals surface area (Å²) in [4.78, 5) is 31.1. The monoisotopic (exact) mass is 412 g/mol. The third kappa shape index (κ3) is 4.86. The summed E-state index contributed by atoms with van der Waals surface area (Å²) in [5.41, 5.74) is 2.22. The van der Waals surface area contributed by atoms with Crippen LogP contribution in [-0.2, 0) is 9.53 Å². The molecule has 0 aliphatic rings. The van der Waals surface area contributed by atoms with Gasteiger partial charge in [0.15, 0.2) is 6.61 Å². The fourth-order valence-electron chi connectivity index (χ4n) is 2.77. The van der Waals surface area contributed by atoms with Crippen LogP contribution in [0.15, 0.2) is 54.6 Å². The second-order valence-electron chi connectivity index (χ2n) is 6.61. The topological polar surface area (TPSA) is 59.5 Å². The van der Waals surface area contributed by atoms with Crippen molar-refractivity contribution < 1.29 is 18.7 Å². The number of esters is 1. The molecule has 0 saturated heterocycles. The Bertz CT molecular complexity index is 1000. The lowest BCUT2D eigenvalue weighted by Gasteiger charge is -2.25. The Balaban J connectivity index is 1.63. The van der Waals surface area contributed by atoms with Crippen LogP contribution < -0.4 is 0 Å². The van der Waals surface area contributed by atoms with Crippen molar-refractivity contribution in [2.24, 2.45) is 0 Å². The third-order valence-corrected chi connectivity index (χ3v) is 5.84. The number of rotatable bonds is 6. The van der Waals surface area contributed by atoms with E-state index in [9.17, 15) is 14.0 Å². The molecule has 0 N–H and O–H groups in total. The minimum atomic E-state index is -0.595. The van der Waals surface area contributed by atoms with Gasteiger partial charge in [0.2, 0.25) is 0 Å². The Hall–Kier alpha value is -3.06. The van der Waals surface area contributed by atoms with Crippen LogP contribution in [0.3, 0.4) is 0 Å². The predicted octanol–water partition coefficient (Wildman–Crippen LogP) is 4.63. The predicted molar refractivity (Wildman–Crippen MR) is 110 cm³/mol. The number of halogens is 1. The number of carbonyl (C=O) groups excluding carboxylic acids is 2. The average molecular weight is 412 g/mol. The Morgan fingerprint density at radius 1 is 1.14 bits per heavy atom. The molecule has 0 radical (unpaired) electrons. The van der Waals surface area contributed by atoms with Crippen LogP contribution in [0.1, 0.15) is 33.9 Å². The zero-order chi connectivity index (χ0) is 21.0. The fourth-order valence-corrected chi connectivity index (χ4v) is 3.73. The smallest absolute Gasteiger partial charge is 0.350 e. The van der Waals surface area contributed by atoms with Crippen LogP contribution in [0, 0.1) is 12.7 Å². The Labute approximate surface area is 172 Å². The molecule has 7 heteroatoms. The summed E-state index contributed by atoms with van der Waals surface area (Å²) < 4.78 is 18.3. The molecule has 0 aliphatic carbocycles. The Morgan fingerprint density at radius 2 is 1.79 bits per heavy atom. The van der Waals surface area contributed by atoms with Crippen LogP contribution in [-0.4, -0.2) is 35.4 Å². The lowest BCUT2D eigenvalue weighted by atomic mass is 10.1. The van der Waals surface area contributed by atoms with Gasteiger partial charge in [-0.2, -0.15) is 0 Å². The molecule has 150 valence electrons. The highest BCUT2D eigenvalue weighted by Crippen LogP contribution is 2.28. The van der Waals surface area contributed by atoms with Gasteiger partial charge in [-0.05, 0) is 43.7 Å². The summed E-state index contributed by atoms with van der Waals surface area (Å²) in [7, 11) is 1.68. The zero-order valence-electron chi connectivity index (χ0n) is 16.4. The van der Waals surface area contributed by atoms with Crippen molar-refractivity contribution >= 4 is 23.2 Å². The summed E-state index contributed by atoms with van der Waals surface area (Å²) in [5, 5.41) is 0.593. The van der Waals surface area contributed by atoms with Crippen molar-refractivity contribution in [1.29, 1.82) is 0 Å². The number of aromatic nitrogens is 1. The van der Waals surface area contributed by atoms with Gasteiger partial charge in [0.25, 0.3) is 5.91 Å². The van der Waals surface area contributed by atoms with Crippen molar-refractivity contribution in [1.82, 2.24) is 9.88 Å². The fraction of sp³-hybridized carbons (Fsp3) is 0.227. The first-order chi connectivity index (χ1) is 13.9. The molecule has 0 aliphatic heterocycles. The molecular weight excluding hydrogens is 391 g/mol. The van der Waals surface area contributed by atoms with Gasteiger partial charge in [0.1, 0.15) is 15.7 Å². The highest BCUT2D eigenvalue weighted by atomic mass is 32.1. The van der Waals surface area contributed by atoms with E-state index in [0.717, 1.165) is 16.9 Å². The highest BCUT2D eigenvalue weighted by molar-refractivity contribution is 7.17. The summed E-state index contributed by atoms with van der Waals surface area (Å²) >= 11 is 1.16. The number of carbonyl (C=O) groups is 2. The number of hydrogen-bond donors (Lipinski definition) is 0. The number of thiazole rings is 1. The first-order valence-electron chi connectivity index (χ1n) is 9.08. The molecule has 0 fully saturated rings. The van der Waals surface area contributed by atoms with Gasteiger partial charge in [-0.3, -0.25) is 4.79 Å².